The summed E-state index contributed by atoms with van der Waals surface area (Å²) >= 11 is 1.93. The Kier molecular flexibility index (Phi) is 7.98. The second kappa shape index (κ2) is 10.9. The second-order valence-corrected chi connectivity index (χ2v) is 8.87. The van der Waals surface area contributed by atoms with E-state index in [2.05, 4.69) is 19.8 Å². The number of oxime groups is 1. The molecular formula is C18H17N7O8S2. The van der Waals surface area contributed by atoms with E-state index in [0.717, 1.165) is 28.2 Å². The molecule has 0 unspecified atom stereocenters. The molecule has 0 saturated carbocycles. The number of nitrogen functional groups attached to an aromatic ring is 1. The number of rotatable bonds is 10. The summed E-state index contributed by atoms with van der Waals surface area (Å²) < 4.78 is 8.83. The van der Waals surface area contributed by atoms with Crippen molar-refractivity contribution in [2.75, 3.05) is 24.7 Å². The molecule has 1 aromatic heterocycles. The molecule has 0 spiro atoms. The van der Waals surface area contributed by atoms with E-state index in [-0.39, 0.29) is 28.0 Å². The molecule has 0 aromatic carbocycles. The van der Waals surface area contributed by atoms with Crippen molar-refractivity contribution in [3.8, 4) is 6.07 Å². The van der Waals surface area contributed by atoms with Crippen LogP contribution in [0.4, 0.5) is 5.13 Å². The Morgan fingerprint density at radius 1 is 1.40 bits per heavy atom. The summed E-state index contributed by atoms with van der Waals surface area (Å²) in [6.07, 6.45) is -0.455. The molecule has 2 aliphatic rings. The third-order valence-corrected chi connectivity index (χ3v) is 6.37. The lowest BCUT2D eigenvalue weighted by Gasteiger charge is -2.49. The molecule has 0 bridgehead atoms. The monoisotopic (exact) mass is 523 g/mol. The number of ketones is 1. The Balaban J connectivity index is 1.74. The molecule has 0 aliphatic carbocycles. The van der Waals surface area contributed by atoms with Crippen LogP contribution in [-0.4, -0.2) is 85.0 Å². The van der Waals surface area contributed by atoms with Crippen LogP contribution in [0.1, 0.15) is 19.2 Å². The summed E-state index contributed by atoms with van der Waals surface area (Å²) in [6.45, 7) is 0.346. The van der Waals surface area contributed by atoms with Gasteiger partial charge in [0, 0.05) is 22.9 Å². The number of nitrogens with zero attached hydrogens (tertiary/aromatic N) is 5. The lowest BCUT2D eigenvalue weighted by atomic mass is 10.0. The van der Waals surface area contributed by atoms with E-state index in [4.69, 9.17) is 20.6 Å². The maximum absolute atomic E-state index is 12.8. The van der Waals surface area contributed by atoms with Gasteiger partial charge in [0.1, 0.15) is 42.0 Å². The van der Waals surface area contributed by atoms with Crippen molar-refractivity contribution in [2.24, 2.45) is 5.16 Å². The van der Waals surface area contributed by atoms with Crippen molar-refractivity contribution in [1.82, 2.24) is 19.6 Å². The minimum atomic E-state index is -1.42. The fourth-order valence-corrected chi connectivity index (χ4v) is 4.83. The predicted octanol–water partition coefficient (Wildman–Crippen LogP) is -1.37. The van der Waals surface area contributed by atoms with Crippen LogP contribution in [0.15, 0.2) is 16.4 Å². The highest BCUT2D eigenvalue weighted by Gasteiger charge is 2.54. The van der Waals surface area contributed by atoms with Crippen molar-refractivity contribution < 1.29 is 38.7 Å². The van der Waals surface area contributed by atoms with Crippen LogP contribution in [0.2, 0.25) is 0 Å². The zero-order valence-corrected chi connectivity index (χ0v) is 19.6. The van der Waals surface area contributed by atoms with Crippen molar-refractivity contribution in [3.05, 3.63) is 17.1 Å². The van der Waals surface area contributed by atoms with E-state index in [1.165, 1.54) is 6.92 Å². The van der Waals surface area contributed by atoms with Gasteiger partial charge >= 0.3 is 11.9 Å². The van der Waals surface area contributed by atoms with E-state index in [1.54, 1.807) is 6.07 Å². The predicted molar refractivity (Wildman–Crippen MR) is 118 cm³/mol. The number of carboxylic acids is 1. The normalized spacial score (nSPS) is 19.3. The number of esters is 1. The quantitative estimate of drug-likeness (QED) is 0.0803. The fourth-order valence-electron chi connectivity index (χ4n) is 3.07. The summed E-state index contributed by atoms with van der Waals surface area (Å²) in [5.41, 5.74) is 4.92. The van der Waals surface area contributed by atoms with Gasteiger partial charge in [-0.05, 0) is 6.92 Å². The van der Waals surface area contributed by atoms with Gasteiger partial charge in [0.2, 0.25) is 18.1 Å². The molecule has 3 rings (SSSR count). The molecule has 2 aliphatic heterocycles. The van der Waals surface area contributed by atoms with Crippen molar-refractivity contribution in [3.63, 3.8) is 0 Å². The van der Waals surface area contributed by atoms with Crippen molar-refractivity contribution in [2.45, 2.75) is 24.8 Å². The van der Waals surface area contributed by atoms with Crippen LogP contribution < -0.4 is 11.1 Å². The van der Waals surface area contributed by atoms with Crippen LogP contribution >= 0.6 is 23.3 Å². The van der Waals surface area contributed by atoms with E-state index in [0.29, 0.717) is 0 Å². The molecule has 15 nitrogen and oxygen atoms in total. The smallest absolute Gasteiger partial charge is 0.352 e. The number of β-lactam (4-membered cyclic amide) rings is 1. The maximum Gasteiger partial charge on any atom is 0.352 e. The number of nitrogens with two attached hydrogens (primary N) is 1. The highest BCUT2D eigenvalue weighted by atomic mass is 32.2. The van der Waals surface area contributed by atoms with Gasteiger partial charge in [-0.3, -0.25) is 24.1 Å². The Labute approximate surface area is 205 Å². The highest BCUT2D eigenvalue weighted by Crippen LogP contribution is 2.40. The first-order valence-corrected chi connectivity index (χ1v) is 11.5. The molecule has 184 valence electrons. The first kappa shape index (κ1) is 25.6. The van der Waals surface area contributed by atoms with Crippen LogP contribution in [-0.2, 0) is 33.5 Å². The summed E-state index contributed by atoms with van der Waals surface area (Å²) in [5.74, 6) is -4.35. The number of carbonyl (C=O) groups is 5. The number of fused-ring (bicyclic) bond motifs is 1. The largest absolute Gasteiger partial charge is 0.477 e. The Morgan fingerprint density at radius 2 is 2.14 bits per heavy atom. The summed E-state index contributed by atoms with van der Waals surface area (Å²) in [7, 11) is 0. The van der Waals surface area contributed by atoms with Gasteiger partial charge in [-0.2, -0.15) is 14.6 Å². The van der Waals surface area contributed by atoms with E-state index < -0.39 is 66.3 Å². The minimum absolute atomic E-state index is 0.0438. The lowest BCUT2D eigenvalue weighted by molar-refractivity contribution is -0.150. The topological polar surface area (TPSA) is 227 Å². The van der Waals surface area contributed by atoms with Gasteiger partial charge in [-0.15, -0.1) is 11.8 Å². The van der Waals surface area contributed by atoms with Gasteiger partial charge in [-0.25, -0.2) is 4.79 Å². The van der Waals surface area contributed by atoms with Gasteiger partial charge < -0.3 is 25.7 Å². The minimum Gasteiger partial charge on any atom is -0.477 e. The fraction of sp³-hybridized carbons (Fsp3) is 0.389. The third kappa shape index (κ3) is 5.73. The average Bonchev–Trinajstić information content (AvgIpc) is 3.23. The number of hydrogen-bond donors (Lipinski definition) is 3. The number of hydrogen-bond acceptors (Lipinski definition) is 14. The molecular weight excluding hydrogens is 506 g/mol. The first-order chi connectivity index (χ1) is 16.6. The number of nitrogens with one attached hydrogen (secondary N) is 1. The number of carboxylic acid groups (broad SMARTS) is 1. The van der Waals surface area contributed by atoms with Gasteiger partial charge in [0.15, 0.2) is 5.13 Å². The molecule has 2 atom stereocenters. The summed E-state index contributed by atoms with van der Waals surface area (Å²) in [6, 6.07) is 0.565. The number of nitriles is 1. The van der Waals surface area contributed by atoms with Crippen LogP contribution in [0.25, 0.3) is 0 Å². The molecule has 1 aromatic rings. The SMILES string of the molecule is CC(=O)CC(=O)OCC1=C(C(=O)O)N2C(=O)[C@@H](NC(=O)/C(=N\OCC#N)c3nsc(N)n3)[C@@H]2SC1. The van der Waals surface area contributed by atoms with Gasteiger partial charge in [0.25, 0.3) is 11.8 Å². The van der Waals surface area contributed by atoms with Crippen LogP contribution in [0.5, 0.6) is 0 Å². The molecule has 1 saturated heterocycles. The zero-order valence-electron chi connectivity index (χ0n) is 17.9. The van der Waals surface area contributed by atoms with Gasteiger partial charge in [-0.1, -0.05) is 5.16 Å². The molecule has 1 fully saturated rings. The molecule has 2 amide bonds. The van der Waals surface area contributed by atoms with Crippen molar-refractivity contribution >= 4 is 63.7 Å². The number of thioether (sulfide) groups is 1. The highest BCUT2D eigenvalue weighted by molar-refractivity contribution is 8.00. The number of carbonyl (C=O) groups excluding carboxylic acids is 4. The Morgan fingerprint density at radius 3 is 2.74 bits per heavy atom. The second-order valence-electron chi connectivity index (χ2n) is 6.99. The number of aromatic nitrogens is 2. The van der Waals surface area contributed by atoms with E-state index in [1.807, 2.05) is 0 Å². The Bertz CT molecular complexity index is 1190. The molecule has 0 radical (unpaired) electrons. The molecule has 17 heteroatoms. The van der Waals surface area contributed by atoms with Crippen LogP contribution in [0, 0.1) is 11.3 Å². The zero-order chi connectivity index (χ0) is 25.7. The summed E-state index contributed by atoms with van der Waals surface area (Å²) in [5, 5.41) is 23.5. The number of Topliss-reactive ketones (excluding diaryl/α,β-unsaturated/α-hetero) is 1. The van der Waals surface area contributed by atoms with Crippen molar-refractivity contribution in [1.29, 1.82) is 5.26 Å². The van der Waals surface area contributed by atoms with E-state index >= 15 is 0 Å². The average molecular weight is 524 g/mol. The maximum atomic E-state index is 12.8. The molecule has 4 N–H and O–H groups in total. The third-order valence-electron chi connectivity index (χ3n) is 4.49. The summed E-state index contributed by atoms with van der Waals surface area (Å²) in [4.78, 5) is 69.7. The standard InChI is InChI=1S/C18H17N7O8S2/c1-7(26)4-9(27)32-5-8-6-34-16-11(15(29)25(16)12(8)17(30)31)21-14(28)10(23-33-3-2-19)13-22-18(20)35-24-13/h11,16H,3-6H2,1H3,(H,21,28)(H,30,31)(H2,20,22,24)/b23-10-/t11-,16+/m1/s1. The molecule has 35 heavy (non-hydrogen) atoms. The molecule has 3 heterocycles. The Hall–Kier alpha value is -4.04. The van der Waals surface area contributed by atoms with Gasteiger partial charge in [0.05, 0.1) is 0 Å². The first-order valence-electron chi connectivity index (χ1n) is 9.66. The van der Waals surface area contributed by atoms with Crippen LogP contribution in [0.3, 0.4) is 0 Å². The number of anilines is 1. The lowest BCUT2D eigenvalue weighted by Crippen LogP contribution is -2.71. The number of ether oxygens (including phenoxy) is 1. The number of amides is 2. The van der Waals surface area contributed by atoms with E-state index in [9.17, 15) is 29.1 Å². The number of aliphatic carboxylic acids is 1.